The van der Waals surface area contributed by atoms with Crippen molar-refractivity contribution in [2.75, 3.05) is 13.7 Å². The van der Waals surface area contributed by atoms with Crippen LogP contribution in [0.2, 0.25) is 0 Å². The average molecular weight is 231 g/mol. The smallest absolute Gasteiger partial charge is 0.119 e. The lowest BCUT2D eigenvalue weighted by molar-refractivity contribution is 0.408. The van der Waals surface area contributed by atoms with Gasteiger partial charge < -0.3 is 10.1 Å². The van der Waals surface area contributed by atoms with Crippen LogP contribution < -0.4 is 10.1 Å². The molecule has 1 aromatic rings. The van der Waals surface area contributed by atoms with E-state index in [4.69, 9.17) is 4.74 Å². The summed E-state index contributed by atoms with van der Waals surface area (Å²) >= 11 is 0. The second-order valence-electron chi connectivity index (χ2n) is 5.27. The molecule has 1 aromatic carbocycles. The summed E-state index contributed by atoms with van der Waals surface area (Å²) < 4.78 is 5.33. The molecule has 1 heterocycles. The number of nitrogens with one attached hydrogen (secondary N) is 1. The number of rotatable bonds is 2. The summed E-state index contributed by atoms with van der Waals surface area (Å²) in [5.41, 5.74) is 3.07. The third kappa shape index (κ3) is 2.06. The van der Waals surface area contributed by atoms with E-state index in [-0.39, 0.29) is 0 Å². The van der Waals surface area contributed by atoms with E-state index in [2.05, 4.69) is 23.5 Å². The standard InChI is InChI=1S/C15H21NO/c1-17-12-7-8-13-11(10-12)4-2-5-14(13)15-6-3-9-16-15/h7-8,10,14-16H,2-6,9H2,1H3. The van der Waals surface area contributed by atoms with Crippen LogP contribution in [0.15, 0.2) is 18.2 Å². The topological polar surface area (TPSA) is 21.3 Å². The van der Waals surface area contributed by atoms with Crippen LogP contribution in [0.25, 0.3) is 0 Å². The summed E-state index contributed by atoms with van der Waals surface area (Å²) in [6.07, 6.45) is 6.57. The fourth-order valence-electron chi connectivity index (χ4n) is 3.43. The minimum atomic E-state index is 0.711. The molecule has 2 heteroatoms. The van der Waals surface area contributed by atoms with Crippen LogP contribution in [0.3, 0.4) is 0 Å². The molecule has 1 aliphatic heterocycles. The first-order valence-corrected chi connectivity index (χ1v) is 6.78. The molecule has 1 fully saturated rings. The molecule has 17 heavy (non-hydrogen) atoms. The van der Waals surface area contributed by atoms with E-state index < -0.39 is 0 Å². The normalized spacial score (nSPS) is 27.8. The first-order chi connectivity index (χ1) is 8.38. The molecule has 2 unspecified atom stereocenters. The minimum Gasteiger partial charge on any atom is -0.497 e. The van der Waals surface area contributed by atoms with E-state index in [0.29, 0.717) is 6.04 Å². The molecular weight excluding hydrogens is 210 g/mol. The predicted octanol–water partition coefficient (Wildman–Crippen LogP) is 2.87. The van der Waals surface area contributed by atoms with Gasteiger partial charge in [0.1, 0.15) is 5.75 Å². The lowest BCUT2D eigenvalue weighted by atomic mass is 9.78. The van der Waals surface area contributed by atoms with E-state index in [1.165, 1.54) is 44.2 Å². The van der Waals surface area contributed by atoms with Crippen molar-refractivity contribution in [1.82, 2.24) is 5.32 Å². The molecule has 1 saturated heterocycles. The third-order valence-electron chi connectivity index (χ3n) is 4.29. The van der Waals surface area contributed by atoms with E-state index >= 15 is 0 Å². The Morgan fingerprint density at radius 3 is 2.94 bits per heavy atom. The van der Waals surface area contributed by atoms with Crippen molar-refractivity contribution in [3.63, 3.8) is 0 Å². The number of fused-ring (bicyclic) bond motifs is 1. The molecule has 1 N–H and O–H groups in total. The number of benzene rings is 1. The molecule has 0 spiro atoms. The molecule has 92 valence electrons. The Morgan fingerprint density at radius 1 is 1.24 bits per heavy atom. The Kier molecular flexibility index (Phi) is 3.06. The van der Waals surface area contributed by atoms with Gasteiger partial charge in [0.05, 0.1) is 7.11 Å². The van der Waals surface area contributed by atoms with E-state index in [1.807, 2.05) is 0 Å². The van der Waals surface area contributed by atoms with Gasteiger partial charge in [0.2, 0.25) is 0 Å². The van der Waals surface area contributed by atoms with Gasteiger partial charge in [-0.3, -0.25) is 0 Å². The average Bonchev–Trinajstić information content (AvgIpc) is 2.91. The highest BCUT2D eigenvalue weighted by atomic mass is 16.5. The number of methoxy groups -OCH3 is 1. The molecular formula is C15H21NO. The molecule has 0 saturated carbocycles. The second-order valence-corrected chi connectivity index (χ2v) is 5.27. The first-order valence-electron chi connectivity index (χ1n) is 6.78. The Labute approximate surface area is 103 Å². The quantitative estimate of drug-likeness (QED) is 0.845. The van der Waals surface area contributed by atoms with E-state index in [1.54, 1.807) is 12.7 Å². The van der Waals surface area contributed by atoms with Gasteiger partial charge >= 0.3 is 0 Å². The summed E-state index contributed by atoms with van der Waals surface area (Å²) in [6.45, 7) is 1.20. The number of ether oxygens (including phenoxy) is 1. The predicted molar refractivity (Wildman–Crippen MR) is 69.7 cm³/mol. The summed E-state index contributed by atoms with van der Waals surface area (Å²) in [5, 5.41) is 3.66. The van der Waals surface area contributed by atoms with Crippen LogP contribution in [0.5, 0.6) is 5.75 Å². The van der Waals surface area contributed by atoms with E-state index in [9.17, 15) is 0 Å². The van der Waals surface area contributed by atoms with Gasteiger partial charge in [-0.05, 0) is 67.8 Å². The minimum absolute atomic E-state index is 0.711. The highest BCUT2D eigenvalue weighted by Gasteiger charge is 2.29. The van der Waals surface area contributed by atoms with Crippen molar-refractivity contribution in [3.05, 3.63) is 29.3 Å². The SMILES string of the molecule is COc1ccc2c(c1)CCCC2C1CCCN1. The Balaban J connectivity index is 1.90. The molecule has 0 bridgehead atoms. The van der Waals surface area contributed by atoms with Gasteiger partial charge in [0.15, 0.2) is 0 Å². The maximum atomic E-state index is 5.33. The maximum absolute atomic E-state index is 5.33. The van der Waals surface area contributed by atoms with Gasteiger partial charge in [-0.1, -0.05) is 6.07 Å². The highest BCUT2D eigenvalue weighted by Crippen LogP contribution is 2.37. The molecule has 2 nitrogen and oxygen atoms in total. The lowest BCUT2D eigenvalue weighted by Crippen LogP contribution is -2.31. The molecule has 0 aromatic heterocycles. The summed E-state index contributed by atoms with van der Waals surface area (Å²) in [7, 11) is 1.75. The Bertz CT molecular complexity index is 396. The fourth-order valence-corrected chi connectivity index (χ4v) is 3.43. The van der Waals surface area contributed by atoms with Crippen LogP contribution in [-0.4, -0.2) is 19.7 Å². The van der Waals surface area contributed by atoms with Crippen LogP contribution >= 0.6 is 0 Å². The number of hydrogen-bond acceptors (Lipinski definition) is 2. The summed E-state index contributed by atoms with van der Waals surface area (Å²) in [4.78, 5) is 0. The zero-order valence-electron chi connectivity index (χ0n) is 10.5. The molecule has 3 rings (SSSR count). The van der Waals surface area contributed by atoms with Gasteiger partial charge in [-0.25, -0.2) is 0 Å². The van der Waals surface area contributed by atoms with Crippen molar-refractivity contribution in [3.8, 4) is 5.75 Å². The Morgan fingerprint density at radius 2 is 2.18 bits per heavy atom. The first kappa shape index (κ1) is 11.1. The van der Waals surface area contributed by atoms with Gasteiger partial charge in [0.25, 0.3) is 0 Å². The molecule has 2 aliphatic rings. The molecule has 2 atom stereocenters. The third-order valence-corrected chi connectivity index (χ3v) is 4.29. The van der Waals surface area contributed by atoms with Crippen molar-refractivity contribution < 1.29 is 4.74 Å². The molecule has 0 radical (unpaired) electrons. The summed E-state index contributed by atoms with van der Waals surface area (Å²) in [6, 6.07) is 7.35. The molecule has 0 amide bonds. The van der Waals surface area contributed by atoms with Crippen LogP contribution in [0.1, 0.15) is 42.7 Å². The largest absolute Gasteiger partial charge is 0.497 e. The second kappa shape index (κ2) is 4.69. The van der Waals surface area contributed by atoms with Gasteiger partial charge in [0, 0.05) is 6.04 Å². The van der Waals surface area contributed by atoms with Crippen LogP contribution in [-0.2, 0) is 6.42 Å². The zero-order valence-corrected chi connectivity index (χ0v) is 10.5. The fraction of sp³-hybridized carbons (Fsp3) is 0.600. The Hall–Kier alpha value is -1.02. The highest BCUT2D eigenvalue weighted by molar-refractivity contribution is 5.40. The van der Waals surface area contributed by atoms with E-state index in [0.717, 1.165) is 11.7 Å². The number of aryl methyl sites for hydroxylation is 1. The van der Waals surface area contributed by atoms with Gasteiger partial charge in [-0.2, -0.15) is 0 Å². The van der Waals surface area contributed by atoms with Gasteiger partial charge in [-0.15, -0.1) is 0 Å². The lowest BCUT2D eigenvalue weighted by Gasteiger charge is -2.30. The van der Waals surface area contributed by atoms with Crippen molar-refractivity contribution in [2.24, 2.45) is 0 Å². The van der Waals surface area contributed by atoms with Crippen LogP contribution in [0, 0.1) is 0 Å². The van der Waals surface area contributed by atoms with Crippen LogP contribution in [0.4, 0.5) is 0 Å². The van der Waals surface area contributed by atoms with Crippen molar-refractivity contribution in [1.29, 1.82) is 0 Å². The summed E-state index contributed by atoms with van der Waals surface area (Å²) in [5.74, 6) is 1.73. The maximum Gasteiger partial charge on any atom is 0.119 e. The van der Waals surface area contributed by atoms with Crippen molar-refractivity contribution >= 4 is 0 Å². The number of hydrogen-bond donors (Lipinski definition) is 1. The molecule has 1 aliphatic carbocycles. The van der Waals surface area contributed by atoms with Crippen molar-refractivity contribution in [2.45, 2.75) is 44.1 Å². The monoisotopic (exact) mass is 231 g/mol. The zero-order chi connectivity index (χ0) is 11.7.